The Morgan fingerprint density at radius 1 is 0.739 bits per heavy atom. The minimum atomic E-state index is -0.0312. The zero-order valence-corrected chi connectivity index (χ0v) is 18.3. The molecule has 0 aromatic heterocycles. The van der Waals surface area contributed by atoms with Crippen LogP contribution >= 0.6 is 78.3 Å². The van der Waals surface area contributed by atoms with Gasteiger partial charge in [0.05, 0.1) is 20.1 Å². The number of halogens is 6. The van der Waals surface area contributed by atoms with Crippen LogP contribution in [0, 0.1) is 0 Å². The summed E-state index contributed by atoms with van der Waals surface area (Å²) in [5.41, 5.74) is 1.55. The van der Waals surface area contributed by atoms with E-state index in [-0.39, 0.29) is 9.65 Å². The van der Waals surface area contributed by atoms with Gasteiger partial charge in [0.2, 0.25) is 0 Å². The van der Waals surface area contributed by atoms with Crippen molar-refractivity contribution in [2.75, 3.05) is 0 Å². The molecule has 0 spiro atoms. The number of hydrogen-bond acceptors (Lipinski definition) is 1. The minimum Gasteiger partial charge on any atom is -0.457 e. The van der Waals surface area contributed by atoms with Gasteiger partial charge in [-0.1, -0.05) is 78.3 Å². The molecule has 2 atom stereocenters. The van der Waals surface area contributed by atoms with Crippen LogP contribution in [0.3, 0.4) is 0 Å². The third-order valence-electron chi connectivity index (χ3n) is 3.20. The summed E-state index contributed by atoms with van der Waals surface area (Å²) in [5.74, 6) is 1.22. The van der Waals surface area contributed by atoms with Crippen molar-refractivity contribution in [3.63, 3.8) is 0 Å². The third-order valence-corrected chi connectivity index (χ3v) is 5.75. The molecule has 0 saturated heterocycles. The first-order valence-corrected chi connectivity index (χ1v) is 10.00. The van der Waals surface area contributed by atoms with E-state index in [1.165, 1.54) is 0 Å². The molecule has 0 heterocycles. The molecular weight excluding hydrogens is 510 g/mol. The average molecular weight is 522 g/mol. The van der Waals surface area contributed by atoms with Crippen LogP contribution in [0.5, 0.6) is 11.5 Å². The lowest BCUT2D eigenvalue weighted by Gasteiger charge is -2.19. The zero-order valence-electron chi connectivity index (χ0n) is 12.1. The molecule has 124 valence electrons. The molecule has 7 heteroatoms. The topological polar surface area (TPSA) is 9.23 Å². The lowest BCUT2D eigenvalue weighted by atomic mass is 10.1. The standard InChI is InChI=1S/C16H12Br2Cl4O/c1-7(17)13-11(5-3-9(19)15(13)21)23-12-6-4-10(20)16(22)14(12)8(2)18/h3-8H,1-2H3. The van der Waals surface area contributed by atoms with Crippen LogP contribution < -0.4 is 4.74 Å². The molecule has 0 aliphatic heterocycles. The molecule has 0 aliphatic rings. The summed E-state index contributed by atoms with van der Waals surface area (Å²) in [5, 5.41) is 1.87. The van der Waals surface area contributed by atoms with Gasteiger partial charge in [-0.2, -0.15) is 0 Å². The highest BCUT2D eigenvalue weighted by molar-refractivity contribution is 9.09. The summed E-state index contributed by atoms with van der Waals surface area (Å²) in [6.45, 7) is 3.90. The summed E-state index contributed by atoms with van der Waals surface area (Å²) in [7, 11) is 0. The quantitative estimate of drug-likeness (QED) is 0.365. The van der Waals surface area contributed by atoms with E-state index in [0.29, 0.717) is 31.6 Å². The van der Waals surface area contributed by atoms with Crippen molar-refractivity contribution in [2.24, 2.45) is 0 Å². The zero-order chi connectivity index (χ0) is 17.3. The van der Waals surface area contributed by atoms with Gasteiger partial charge in [-0.25, -0.2) is 0 Å². The molecule has 0 fully saturated rings. The van der Waals surface area contributed by atoms with Crippen molar-refractivity contribution < 1.29 is 4.74 Å². The van der Waals surface area contributed by atoms with Crippen molar-refractivity contribution >= 4 is 78.3 Å². The van der Waals surface area contributed by atoms with E-state index >= 15 is 0 Å². The molecule has 23 heavy (non-hydrogen) atoms. The van der Waals surface area contributed by atoms with E-state index in [4.69, 9.17) is 51.1 Å². The highest BCUT2D eigenvalue weighted by Gasteiger charge is 2.21. The van der Waals surface area contributed by atoms with Crippen LogP contribution in [0.2, 0.25) is 20.1 Å². The van der Waals surface area contributed by atoms with Crippen molar-refractivity contribution in [1.29, 1.82) is 0 Å². The number of benzene rings is 2. The van der Waals surface area contributed by atoms with Crippen LogP contribution in [0.4, 0.5) is 0 Å². The molecular formula is C16H12Br2Cl4O. The first kappa shape index (κ1) is 19.7. The number of ether oxygens (including phenoxy) is 1. The third kappa shape index (κ3) is 4.31. The average Bonchev–Trinajstić information content (AvgIpc) is 2.46. The van der Waals surface area contributed by atoms with Gasteiger partial charge in [-0.15, -0.1) is 0 Å². The first-order chi connectivity index (χ1) is 10.7. The second kappa shape index (κ2) is 8.16. The largest absolute Gasteiger partial charge is 0.457 e. The molecule has 0 amide bonds. The van der Waals surface area contributed by atoms with Crippen molar-refractivity contribution in [1.82, 2.24) is 0 Å². The Balaban J connectivity index is 2.57. The van der Waals surface area contributed by atoms with Gasteiger partial charge in [0, 0.05) is 20.8 Å². The fraction of sp³-hybridized carbons (Fsp3) is 0.250. The van der Waals surface area contributed by atoms with Crippen LogP contribution in [-0.4, -0.2) is 0 Å². The monoisotopic (exact) mass is 518 g/mol. The summed E-state index contributed by atoms with van der Waals surface area (Å²) in [4.78, 5) is -0.0624. The molecule has 1 nitrogen and oxygen atoms in total. The summed E-state index contributed by atoms with van der Waals surface area (Å²) < 4.78 is 6.09. The normalized spacial score (nSPS) is 13.7. The number of alkyl halides is 2. The summed E-state index contributed by atoms with van der Waals surface area (Å²) in [6.07, 6.45) is 0. The molecule has 2 unspecified atom stereocenters. The molecule has 2 aromatic carbocycles. The lowest BCUT2D eigenvalue weighted by molar-refractivity contribution is 0.471. The van der Waals surface area contributed by atoms with Gasteiger partial charge < -0.3 is 4.74 Å². The van der Waals surface area contributed by atoms with Crippen LogP contribution in [0.15, 0.2) is 24.3 Å². The molecule has 0 saturated carbocycles. The second-order valence-corrected chi connectivity index (χ2v) is 9.20. The minimum absolute atomic E-state index is 0.0312. The summed E-state index contributed by atoms with van der Waals surface area (Å²) in [6, 6.07) is 6.97. The molecule has 2 aromatic rings. The SMILES string of the molecule is CC(Br)c1c(Oc2ccc(Cl)c(Cl)c2C(C)Br)ccc(Cl)c1Cl. The Kier molecular flexibility index (Phi) is 6.98. The Morgan fingerprint density at radius 2 is 1.09 bits per heavy atom. The van der Waals surface area contributed by atoms with E-state index in [1.807, 2.05) is 13.8 Å². The Labute approximate surface area is 172 Å². The number of hydrogen-bond donors (Lipinski definition) is 0. The molecule has 2 rings (SSSR count). The molecule has 0 radical (unpaired) electrons. The molecule has 0 N–H and O–H groups in total. The van der Waals surface area contributed by atoms with Gasteiger partial charge >= 0.3 is 0 Å². The van der Waals surface area contributed by atoms with Crippen LogP contribution in [0.25, 0.3) is 0 Å². The predicted octanol–water partition coefficient (Wildman–Crippen LogP) is 9.00. The van der Waals surface area contributed by atoms with Gasteiger partial charge in [0.1, 0.15) is 11.5 Å². The Morgan fingerprint density at radius 3 is 1.39 bits per heavy atom. The van der Waals surface area contributed by atoms with E-state index < -0.39 is 0 Å². The first-order valence-electron chi connectivity index (χ1n) is 6.65. The highest BCUT2D eigenvalue weighted by atomic mass is 79.9. The second-order valence-electron chi connectivity index (χ2n) is 4.88. The van der Waals surface area contributed by atoms with E-state index in [9.17, 15) is 0 Å². The van der Waals surface area contributed by atoms with Gasteiger partial charge in [0.15, 0.2) is 0 Å². The highest BCUT2D eigenvalue weighted by Crippen LogP contribution is 2.46. The van der Waals surface area contributed by atoms with Gasteiger partial charge in [0.25, 0.3) is 0 Å². The fourth-order valence-electron chi connectivity index (χ4n) is 2.13. The maximum atomic E-state index is 6.32. The maximum Gasteiger partial charge on any atom is 0.133 e. The fourth-order valence-corrected chi connectivity index (χ4v) is 4.28. The molecule has 0 aliphatic carbocycles. The molecule has 0 bridgehead atoms. The van der Waals surface area contributed by atoms with Gasteiger partial charge in [-0.3, -0.25) is 0 Å². The van der Waals surface area contributed by atoms with Crippen molar-refractivity contribution in [3.05, 3.63) is 55.5 Å². The van der Waals surface area contributed by atoms with E-state index in [2.05, 4.69) is 31.9 Å². The number of rotatable bonds is 4. The smallest absolute Gasteiger partial charge is 0.133 e. The van der Waals surface area contributed by atoms with Gasteiger partial charge in [-0.05, 0) is 38.1 Å². The lowest BCUT2D eigenvalue weighted by Crippen LogP contribution is -1.98. The Hall–Kier alpha value is 0.360. The van der Waals surface area contributed by atoms with E-state index in [0.717, 1.165) is 11.1 Å². The predicted molar refractivity (Wildman–Crippen MR) is 108 cm³/mol. The summed E-state index contributed by atoms with van der Waals surface area (Å²) >= 11 is 31.9. The van der Waals surface area contributed by atoms with Crippen LogP contribution in [0.1, 0.15) is 34.6 Å². The Bertz CT molecular complexity index is 671. The van der Waals surface area contributed by atoms with Crippen molar-refractivity contribution in [3.8, 4) is 11.5 Å². The maximum absolute atomic E-state index is 6.32. The van der Waals surface area contributed by atoms with E-state index in [1.54, 1.807) is 24.3 Å². The van der Waals surface area contributed by atoms with Crippen LogP contribution in [-0.2, 0) is 0 Å². The van der Waals surface area contributed by atoms with Crippen molar-refractivity contribution in [2.45, 2.75) is 23.5 Å².